The molecule has 1 aromatic rings. The van der Waals surface area contributed by atoms with E-state index in [1.54, 1.807) is 19.1 Å². The molecule has 3 amide bonds. The quantitative estimate of drug-likeness (QED) is 0.710. The van der Waals surface area contributed by atoms with Gasteiger partial charge in [-0.15, -0.1) is 0 Å². The second-order valence-corrected chi connectivity index (χ2v) is 9.42. The van der Waals surface area contributed by atoms with Gasteiger partial charge in [0, 0.05) is 56.8 Å². The lowest BCUT2D eigenvalue weighted by molar-refractivity contribution is -0.116. The van der Waals surface area contributed by atoms with Crippen LogP contribution >= 0.6 is 0 Å². The lowest BCUT2D eigenvalue weighted by Gasteiger charge is -2.46. The molecule has 4 aliphatic heterocycles. The average molecular weight is 415 g/mol. The first-order valence-electron chi connectivity index (χ1n) is 11.3. The number of benzene rings is 1. The summed E-state index contributed by atoms with van der Waals surface area (Å²) in [5.74, 6) is -0.193. The number of urea groups is 1. The van der Waals surface area contributed by atoms with E-state index in [4.69, 9.17) is 0 Å². The van der Waals surface area contributed by atoms with Crippen LogP contribution in [0.25, 0.3) is 0 Å². The van der Waals surface area contributed by atoms with E-state index in [1.165, 1.54) is 6.07 Å². The molecule has 0 unspecified atom stereocenters. The van der Waals surface area contributed by atoms with Crippen molar-refractivity contribution in [1.82, 2.24) is 14.7 Å². The fraction of sp³-hybridized carbons (Fsp3) is 0.652. The van der Waals surface area contributed by atoms with E-state index in [1.807, 2.05) is 14.7 Å². The number of hydrogen-bond donors (Lipinski definition) is 0. The molecule has 0 N–H and O–H groups in total. The topological polar surface area (TPSA) is 47.1 Å². The summed E-state index contributed by atoms with van der Waals surface area (Å²) in [6.45, 7) is 7.69. The largest absolute Gasteiger partial charge is 0.325 e. The summed E-state index contributed by atoms with van der Waals surface area (Å²) >= 11 is 0. The molecular weight excluding hydrogens is 383 g/mol. The number of amides is 3. The monoisotopic (exact) mass is 414 g/mol. The number of carbonyl (C=O) groups is 2. The summed E-state index contributed by atoms with van der Waals surface area (Å²) in [4.78, 5) is 33.0. The van der Waals surface area contributed by atoms with Gasteiger partial charge in [0.1, 0.15) is 5.82 Å². The first-order chi connectivity index (χ1) is 14.5. The normalized spacial score (nSPS) is 24.1. The molecule has 30 heavy (non-hydrogen) atoms. The van der Waals surface area contributed by atoms with Crippen LogP contribution < -0.4 is 4.90 Å². The van der Waals surface area contributed by atoms with Gasteiger partial charge in [-0.3, -0.25) is 4.79 Å². The maximum absolute atomic E-state index is 14.0. The highest BCUT2D eigenvalue weighted by Gasteiger charge is 2.46. The highest BCUT2D eigenvalue weighted by Crippen LogP contribution is 2.47. The van der Waals surface area contributed by atoms with Gasteiger partial charge in [-0.25, -0.2) is 9.18 Å². The molecule has 162 valence electrons. The number of nitrogens with zero attached hydrogens (tertiary/aromatic N) is 4. The Balaban J connectivity index is 1.22. The smallest absolute Gasteiger partial charge is 0.320 e. The summed E-state index contributed by atoms with van der Waals surface area (Å²) in [7, 11) is 0. The molecule has 1 spiro atoms. The molecule has 1 aromatic carbocycles. The molecule has 3 saturated heterocycles. The van der Waals surface area contributed by atoms with Gasteiger partial charge in [-0.1, -0.05) is 0 Å². The molecule has 0 aromatic heterocycles. The van der Waals surface area contributed by atoms with Crippen molar-refractivity contribution >= 4 is 17.6 Å². The molecule has 5 rings (SSSR count). The number of rotatable bonds is 1. The summed E-state index contributed by atoms with van der Waals surface area (Å²) in [6, 6.07) is 5.59. The third kappa shape index (κ3) is 3.27. The minimum absolute atomic E-state index is 0.0291. The fourth-order valence-electron chi connectivity index (χ4n) is 5.80. The second kappa shape index (κ2) is 7.52. The molecule has 4 aliphatic rings. The van der Waals surface area contributed by atoms with Crippen LogP contribution in [-0.4, -0.2) is 78.5 Å². The Morgan fingerprint density at radius 1 is 1.00 bits per heavy atom. The summed E-state index contributed by atoms with van der Waals surface area (Å²) in [5.41, 5.74) is 1.76. The van der Waals surface area contributed by atoms with Crippen molar-refractivity contribution in [2.45, 2.75) is 50.5 Å². The number of piperidine rings is 2. The van der Waals surface area contributed by atoms with Gasteiger partial charge in [0.05, 0.1) is 0 Å². The molecule has 6 nitrogen and oxygen atoms in total. The fourth-order valence-corrected chi connectivity index (χ4v) is 5.80. The summed E-state index contributed by atoms with van der Waals surface area (Å²) < 4.78 is 14.0. The van der Waals surface area contributed by atoms with Crippen molar-refractivity contribution in [3.63, 3.8) is 0 Å². The number of carbonyl (C=O) groups excluding carboxylic acids is 2. The molecule has 0 radical (unpaired) electrons. The van der Waals surface area contributed by atoms with Crippen LogP contribution in [0.2, 0.25) is 0 Å². The zero-order chi connectivity index (χ0) is 20.9. The summed E-state index contributed by atoms with van der Waals surface area (Å²) in [5, 5.41) is 0. The number of halogens is 1. The van der Waals surface area contributed by atoms with Crippen LogP contribution in [0.1, 0.15) is 44.6 Å². The Kier molecular flexibility index (Phi) is 4.96. The molecule has 0 atom stereocenters. The Hall–Kier alpha value is -2.15. The van der Waals surface area contributed by atoms with Gasteiger partial charge in [0.15, 0.2) is 0 Å². The van der Waals surface area contributed by atoms with E-state index >= 15 is 0 Å². The summed E-state index contributed by atoms with van der Waals surface area (Å²) in [6.07, 6.45) is 5.07. The predicted molar refractivity (Wildman–Crippen MR) is 113 cm³/mol. The van der Waals surface area contributed by atoms with Crippen molar-refractivity contribution in [2.75, 3.05) is 50.7 Å². The average Bonchev–Trinajstić information content (AvgIpc) is 3.01. The minimum Gasteiger partial charge on any atom is -0.325 e. The van der Waals surface area contributed by atoms with Crippen molar-refractivity contribution in [1.29, 1.82) is 0 Å². The van der Waals surface area contributed by atoms with Gasteiger partial charge in [-0.2, -0.15) is 0 Å². The molecule has 0 saturated carbocycles. The minimum atomic E-state index is -0.222. The van der Waals surface area contributed by atoms with Crippen molar-refractivity contribution in [2.24, 2.45) is 0 Å². The van der Waals surface area contributed by atoms with Gasteiger partial charge in [0.25, 0.3) is 0 Å². The Bertz CT molecular complexity index is 840. The Morgan fingerprint density at radius 3 is 2.27 bits per heavy atom. The maximum Gasteiger partial charge on any atom is 0.320 e. The SMILES string of the molecule is CC(=O)N1CC2(CCN(C3CCN(C(=O)N4CCC4)CC3)CC2)c2cc(F)ccc21. The molecule has 4 heterocycles. The number of hydrogen-bond acceptors (Lipinski definition) is 3. The lowest BCUT2D eigenvalue weighted by atomic mass is 9.74. The Labute approximate surface area is 177 Å². The number of likely N-dealkylation sites (tertiary alicyclic amines) is 3. The van der Waals surface area contributed by atoms with Gasteiger partial charge < -0.3 is 19.6 Å². The molecule has 0 bridgehead atoms. The van der Waals surface area contributed by atoms with Gasteiger partial charge in [0.2, 0.25) is 5.91 Å². The van der Waals surface area contributed by atoms with E-state index in [0.717, 1.165) is 82.6 Å². The lowest BCUT2D eigenvalue weighted by Crippen LogP contribution is -2.55. The number of anilines is 1. The first-order valence-corrected chi connectivity index (χ1v) is 11.3. The maximum atomic E-state index is 14.0. The van der Waals surface area contributed by atoms with Crippen LogP contribution in [0.5, 0.6) is 0 Å². The highest BCUT2D eigenvalue weighted by molar-refractivity contribution is 5.94. The zero-order valence-corrected chi connectivity index (χ0v) is 17.8. The van der Waals surface area contributed by atoms with Crippen molar-refractivity contribution in [3.8, 4) is 0 Å². The highest BCUT2D eigenvalue weighted by atomic mass is 19.1. The number of fused-ring (bicyclic) bond motifs is 2. The Morgan fingerprint density at radius 2 is 1.67 bits per heavy atom. The molecule has 7 heteroatoms. The predicted octanol–water partition coefficient (Wildman–Crippen LogP) is 2.82. The third-order valence-electron chi connectivity index (χ3n) is 7.79. The van der Waals surface area contributed by atoms with E-state index in [-0.39, 0.29) is 23.2 Å². The van der Waals surface area contributed by atoms with Crippen LogP contribution in [-0.2, 0) is 10.2 Å². The van der Waals surface area contributed by atoms with Crippen LogP contribution in [0.15, 0.2) is 18.2 Å². The van der Waals surface area contributed by atoms with E-state index < -0.39 is 0 Å². The van der Waals surface area contributed by atoms with Crippen molar-refractivity contribution < 1.29 is 14.0 Å². The van der Waals surface area contributed by atoms with Crippen LogP contribution in [0.4, 0.5) is 14.9 Å². The standard InChI is InChI=1S/C23H31FN4O2/c1-17(29)28-16-23(20-15-18(24)3-4-21(20)28)7-13-25(14-8-23)19-5-11-27(12-6-19)22(30)26-9-2-10-26/h3-4,15,19H,2,5-14,16H2,1H3. The molecular formula is C23H31FN4O2. The van der Waals surface area contributed by atoms with Gasteiger partial charge in [-0.05, 0) is 69.0 Å². The first kappa shape index (κ1) is 19.8. The zero-order valence-electron chi connectivity index (χ0n) is 17.8. The van der Waals surface area contributed by atoms with E-state index in [9.17, 15) is 14.0 Å². The molecule has 0 aliphatic carbocycles. The molecule has 3 fully saturated rings. The third-order valence-corrected chi connectivity index (χ3v) is 7.79. The van der Waals surface area contributed by atoms with E-state index in [2.05, 4.69) is 4.90 Å². The van der Waals surface area contributed by atoms with E-state index in [0.29, 0.717) is 12.6 Å². The van der Waals surface area contributed by atoms with Crippen LogP contribution in [0.3, 0.4) is 0 Å². The van der Waals surface area contributed by atoms with Crippen LogP contribution in [0, 0.1) is 5.82 Å². The van der Waals surface area contributed by atoms with Gasteiger partial charge >= 0.3 is 6.03 Å². The second-order valence-electron chi connectivity index (χ2n) is 9.42. The van der Waals surface area contributed by atoms with Crippen molar-refractivity contribution in [3.05, 3.63) is 29.6 Å².